The van der Waals surface area contributed by atoms with E-state index in [1.165, 1.54) is 0 Å². The number of unbranched alkanes of at least 4 members (excludes halogenated alkanes) is 6. The van der Waals surface area contributed by atoms with Crippen molar-refractivity contribution in [1.82, 2.24) is 0 Å². The van der Waals surface area contributed by atoms with E-state index in [0.29, 0.717) is 0 Å². The van der Waals surface area contributed by atoms with Crippen molar-refractivity contribution in [2.24, 2.45) is 0 Å². The molecule has 0 atom stereocenters. The maximum absolute atomic E-state index is 9.53. The Bertz CT molecular complexity index is 126. The van der Waals surface area contributed by atoms with Crippen LogP contribution in [0.3, 0.4) is 0 Å². The average molecular weight is 552 g/mol. The van der Waals surface area contributed by atoms with E-state index in [2.05, 4.69) is 0 Å². The molecular formula is C24H56O7Ti2. The molecule has 0 rings (SSSR count). The van der Waals surface area contributed by atoms with Gasteiger partial charge in [-0.25, -0.2) is 0 Å². The summed E-state index contributed by atoms with van der Waals surface area (Å²) in [7, 11) is 0. The Balaban J connectivity index is -0.0000000294. The van der Waals surface area contributed by atoms with Crippen molar-refractivity contribution in [1.29, 1.82) is 0 Å². The Morgan fingerprint density at radius 2 is 0.394 bits per heavy atom. The first-order valence-corrected chi connectivity index (χ1v) is 12.0. The minimum absolute atomic E-state index is 0. The SMILES string of the molecule is CCCC[O-].CCCC[O-].CCCC[O-].CCCC[O-].CCCC[O-].CCCC[O-].O.[Ti+3].[Ti+3]. The zero-order chi connectivity index (χ0) is 24.7. The van der Waals surface area contributed by atoms with Crippen molar-refractivity contribution < 1.29 is 79.6 Å². The standard InChI is InChI=1S/6C4H9O.H2O.2Ti/c6*1-2-3-4-5;;;/h6*2-4H2,1H3;1H2;;/q6*-1;;2*+3. The maximum atomic E-state index is 9.53. The summed E-state index contributed by atoms with van der Waals surface area (Å²) < 4.78 is 0. The van der Waals surface area contributed by atoms with E-state index in [9.17, 15) is 30.6 Å². The second kappa shape index (κ2) is 93.4. The van der Waals surface area contributed by atoms with Crippen LogP contribution in [0.15, 0.2) is 0 Å². The van der Waals surface area contributed by atoms with Gasteiger partial charge in [-0.2, -0.15) is 0 Å². The van der Waals surface area contributed by atoms with Gasteiger partial charge in [0.1, 0.15) is 0 Å². The summed E-state index contributed by atoms with van der Waals surface area (Å²) in [5.41, 5.74) is 0. The Kier molecular flexibility index (Phi) is 168. The molecule has 0 unspecified atom stereocenters. The van der Waals surface area contributed by atoms with Crippen LogP contribution < -0.4 is 30.6 Å². The number of rotatable bonds is 12. The molecule has 7 nitrogen and oxygen atoms in total. The van der Waals surface area contributed by atoms with Gasteiger partial charge in [0.2, 0.25) is 0 Å². The van der Waals surface area contributed by atoms with Crippen molar-refractivity contribution >= 4 is 0 Å². The van der Waals surface area contributed by atoms with Crippen LogP contribution in [0.4, 0.5) is 0 Å². The van der Waals surface area contributed by atoms with Gasteiger partial charge in [-0.15, -0.1) is 39.6 Å². The average Bonchev–Trinajstić information content (AvgIpc) is 2.74. The van der Waals surface area contributed by atoms with Crippen LogP contribution in [-0.2, 0) is 43.4 Å². The first-order chi connectivity index (χ1) is 14.5. The molecule has 0 saturated carbocycles. The quantitative estimate of drug-likeness (QED) is 0.310. The minimum atomic E-state index is 0. The second-order valence-corrected chi connectivity index (χ2v) is 6.35. The van der Waals surface area contributed by atoms with Crippen molar-refractivity contribution in [2.45, 2.75) is 119 Å². The molecule has 0 aromatic carbocycles. The smallest absolute Gasteiger partial charge is 0.854 e. The van der Waals surface area contributed by atoms with Crippen LogP contribution >= 0.6 is 0 Å². The van der Waals surface area contributed by atoms with E-state index >= 15 is 0 Å². The van der Waals surface area contributed by atoms with E-state index in [4.69, 9.17) is 0 Å². The summed E-state index contributed by atoms with van der Waals surface area (Å²) in [5, 5.41) is 57.2. The van der Waals surface area contributed by atoms with Crippen molar-refractivity contribution in [3.63, 3.8) is 0 Å². The van der Waals surface area contributed by atoms with Crippen molar-refractivity contribution in [3.8, 4) is 0 Å². The molecule has 2 radical (unpaired) electrons. The van der Waals surface area contributed by atoms with Crippen molar-refractivity contribution in [3.05, 3.63) is 0 Å². The zero-order valence-corrected chi connectivity index (χ0v) is 25.8. The molecule has 0 bridgehead atoms. The molecule has 33 heavy (non-hydrogen) atoms. The second-order valence-electron chi connectivity index (χ2n) is 6.35. The van der Waals surface area contributed by atoms with E-state index in [0.717, 1.165) is 77.0 Å². The third-order valence-corrected chi connectivity index (χ3v) is 2.99. The molecule has 0 saturated heterocycles. The van der Waals surface area contributed by atoms with Gasteiger partial charge in [0.05, 0.1) is 0 Å². The predicted molar refractivity (Wildman–Crippen MR) is 122 cm³/mol. The van der Waals surface area contributed by atoms with Gasteiger partial charge in [0.25, 0.3) is 0 Å². The fourth-order valence-corrected chi connectivity index (χ4v) is 0.866. The van der Waals surface area contributed by atoms with Crippen LogP contribution in [0.1, 0.15) is 119 Å². The third kappa shape index (κ3) is 186. The molecule has 202 valence electrons. The molecular weight excluding hydrogens is 496 g/mol. The monoisotopic (exact) mass is 552 g/mol. The van der Waals surface area contributed by atoms with Crippen LogP contribution in [0.25, 0.3) is 0 Å². The van der Waals surface area contributed by atoms with Gasteiger partial charge in [-0.3, -0.25) is 0 Å². The maximum Gasteiger partial charge on any atom is 3.00 e. The summed E-state index contributed by atoms with van der Waals surface area (Å²) in [4.78, 5) is 0. The molecule has 2 N–H and O–H groups in total. The molecule has 0 aliphatic heterocycles. The van der Waals surface area contributed by atoms with E-state index < -0.39 is 0 Å². The molecule has 0 aliphatic carbocycles. The molecule has 0 spiro atoms. The molecule has 0 amide bonds. The Morgan fingerprint density at radius 3 is 0.394 bits per heavy atom. The first kappa shape index (κ1) is 59.3. The summed E-state index contributed by atoms with van der Waals surface area (Å²) in [6, 6.07) is 0. The van der Waals surface area contributed by atoms with Gasteiger partial charge in [-0.1, -0.05) is 119 Å². The first-order valence-electron chi connectivity index (χ1n) is 12.0. The van der Waals surface area contributed by atoms with E-state index in [1.54, 1.807) is 0 Å². The largest absolute Gasteiger partial charge is 3.00 e. The summed E-state index contributed by atoms with van der Waals surface area (Å²) >= 11 is 0. The van der Waals surface area contributed by atoms with Crippen LogP contribution in [0.5, 0.6) is 0 Å². The summed E-state index contributed by atoms with van der Waals surface area (Å²) in [5.74, 6) is 0. The Hall–Kier alpha value is 1.15. The molecule has 0 aliphatic rings. The molecule has 0 aromatic heterocycles. The van der Waals surface area contributed by atoms with Crippen LogP contribution in [0, 0.1) is 0 Å². The Morgan fingerprint density at radius 1 is 0.303 bits per heavy atom. The molecule has 0 aromatic rings. The van der Waals surface area contributed by atoms with Crippen LogP contribution in [0.2, 0.25) is 0 Å². The predicted octanol–water partition coefficient (Wildman–Crippen LogP) is 0.0511. The molecule has 9 heteroatoms. The third-order valence-electron chi connectivity index (χ3n) is 2.99. The number of hydrogen-bond donors (Lipinski definition) is 0. The van der Waals surface area contributed by atoms with Crippen molar-refractivity contribution in [2.75, 3.05) is 39.6 Å². The van der Waals surface area contributed by atoms with Gasteiger partial charge in [0, 0.05) is 0 Å². The fraction of sp³-hybridized carbons (Fsp3) is 1.00. The normalized spacial score (nSPS) is 7.64. The van der Waals surface area contributed by atoms with Gasteiger partial charge >= 0.3 is 43.4 Å². The fourth-order valence-electron chi connectivity index (χ4n) is 0.866. The van der Waals surface area contributed by atoms with Crippen LogP contribution in [-0.4, -0.2) is 45.1 Å². The van der Waals surface area contributed by atoms with E-state index in [-0.39, 0.29) is 88.6 Å². The number of hydrogen-bond acceptors (Lipinski definition) is 6. The summed E-state index contributed by atoms with van der Waals surface area (Å²) in [6.07, 6.45) is 11.2. The minimum Gasteiger partial charge on any atom is -0.854 e. The molecule has 0 heterocycles. The van der Waals surface area contributed by atoms with Gasteiger partial charge in [0.15, 0.2) is 0 Å². The molecule has 0 fully saturated rings. The summed E-state index contributed by atoms with van der Waals surface area (Å²) in [6.45, 7) is 12.6. The van der Waals surface area contributed by atoms with Gasteiger partial charge < -0.3 is 36.1 Å². The zero-order valence-electron chi connectivity index (χ0n) is 22.7. The Labute approximate surface area is 236 Å². The van der Waals surface area contributed by atoms with E-state index in [1.807, 2.05) is 41.5 Å². The van der Waals surface area contributed by atoms with Gasteiger partial charge in [-0.05, 0) is 0 Å². The topological polar surface area (TPSA) is 170 Å².